The van der Waals surface area contributed by atoms with Crippen molar-refractivity contribution in [3.05, 3.63) is 33.1 Å². The number of aliphatic hydroxyl groups is 3. The van der Waals surface area contributed by atoms with Gasteiger partial charge in [0.2, 0.25) is 5.91 Å². The highest BCUT2D eigenvalue weighted by atomic mass is 31.3. The zero-order valence-electron chi connectivity index (χ0n) is 19.7. The van der Waals surface area contributed by atoms with Gasteiger partial charge >= 0.3 is 21.3 Å². The van der Waals surface area contributed by atoms with Crippen molar-refractivity contribution in [1.29, 1.82) is 0 Å². The van der Waals surface area contributed by atoms with Gasteiger partial charge in [0.25, 0.3) is 5.56 Å². The molecule has 220 valence electrons. The minimum Gasteiger partial charge on any atom is -0.394 e. The molecule has 2 rings (SSSR count). The number of amides is 1. The maximum absolute atomic E-state index is 12.4. The number of aromatic nitrogens is 2. The molecule has 1 aliphatic heterocycles. The van der Waals surface area contributed by atoms with Crippen molar-refractivity contribution in [3.63, 3.8) is 0 Å². The molecule has 0 saturated carbocycles. The van der Waals surface area contributed by atoms with Crippen LogP contribution in [0.2, 0.25) is 0 Å². The second-order valence-corrected chi connectivity index (χ2v) is 10.7. The maximum Gasteiger partial charge on any atom is 0.483 e. The summed E-state index contributed by atoms with van der Waals surface area (Å²) in [5, 5.41) is 31.5. The Balaban J connectivity index is 2.08. The van der Waals surface area contributed by atoms with Gasteiger partial charge in [-0.3, -0.25) is 33.0 Å². The minimum absolute atomic E-state index is 0.0160. The molecule has 1 saturated heterocycles. The van der Waals surface area contributed by atoms with Gasteiger partial charge in [-0.05, 0) is 0 Å². The van der Waals surface area contributed by atoms with Crippen molar-refractivity contribution in [3.8, 4) is 0 Å². The van der Waals surface area contributed by atoms with Crippen LogP contribution in [0.3, 0.4) is 0 Å². The molecule has 7 N–H and O–H groups in total. The van der Waals surface area contributed by atoms with Crippen molar-refractivity contribution in [2.24, 2.45) is 0 Å². The number of H-pyrrole nitrogens is 1. The second kappa shape index (κ2) is 13.8. The molecule has 0 radical (unpaired) electrons. The van der Waals surface area contributed by atoms with E-state index < -0.39 is 89.0 Å². The fourth-order valence-electron chi connectivity index (χ4n) is 3.11. The van der Waals surface area contributed by atoms with E-state index in [9.17, 15) is 58.2 Å². The number of hydrogen-bond donors (Lipinski definition) is 7. The van der Waals surface area contributed by atoms with Crippen molar-refractivity contribution >= 4 is 34.1 Å². The lowest BCUT2D eigenvalue weighted by Gasteiger charge is -2.42. The molecule has 1 aromatic rings. The van der Waals surface area contributed by atoms with Gasteiger partial charge in [0.05, 0.1) is 13.2 Å². The first kappa shape index (κ1) is 32.8. The summed E-state index contributed by atoms with van der Waals surface area (Å²) in [4.78, 5) is 78.6. The quantitative estimate of drug-likeness (QED) is 0.0785. The first-order chi connectivity index (χ1) is 18.1. The fraction of sp³-hybridized carbons (Fsp3) is 0.588. The highest BCUT2D eigenvalue weighted by Gasteiger charge is 2.49. The lowest BCUT2D eigenvalue weighted by atomic mass is 9.97. The van der Waals surface area contributed by atoms with Crippen molar-refractivity contribution in [2.75, 3.05) is 13.2 Å². The summed E-state index contributed by atoms with van der Waals surface area (Å²) in [5.74, 6) is -0.812. The number of hydrogen-bond acceptors (Lipinski definition) is 15. The van der Waals surface area contributed by atoms with E-state index in [2.05, 4.69) is 18.7 Å². The van der Waals surface area contributed by atoms with Gasteiger partial charge in [0.1, 0.15) is 30.5 Å². The van der Waals surface area contributed by atoms with Gasteiger partial charge in [0.15, 0.2) is 25.1 Å². The Hall–Kier alpha value is -2.45. The van der Waals surface area contributed by atoms with Gasteiger partial charge in [-0.2, -0.15) is 4.31 Å². The molecular weight excluding hydrogens is 580 g/mol. The summed E-state index contributed by atoms with van der Waals surface area (Å²) in [6.45, 7) is -1.11. The maximum atomic E-state index is 12.4. The predicted molar refractivity (Wildman–Crippen MR) is 120 cm³/mol. The van der Waals surface area contributed by atoms with E-state index in [-0.39, 0.29) is 12.6 Å². The number of aldehydes is 2. The predicted octanol–water partition coefficient (Wildman–Crippen LogP) is -3.99. The highest BCUT2D eigenvalue weighted by Crippen LogP contribution is 2.61. The number of rotatable bonds is 14. The van der Waals surface area contributed by atoms with Crippen LogP contribution >= 0.6 is 15.6 Å². The van der Waals surface area contributed by atoms with Gasteiger partial charge in [-0.1, -0.05) is 0 Å². The normalized spacial score (nSPS) is 27.9. The number of nitrogens with zero attached hydrogens (tertiary/aromatic N) is 1. The molecule has 20 nitrogen and oxygen atoms in total. The van der Waals surface area contributed by atoms with E-state index in [1.54, 1.807) is 0 Å². The van der Waals surface area contributed by atoms with E-state index in [0.717, 1.165) is 19.2 Å². The first-order valence-corrected chi connectivity index (χ1v) is 13.6. The van der Waals surface area contributed by atoms with Gasteiger partial charge in [-0.15, -0.1) is 0 Å². The van der Waals surface area contributed by atoms with Crippen LogP contribution in [-0.4, -0.2) is 103 Å². The fourth-order valence-corrected chi connectivity index (χ4v) is 5.28. The summed E-state index contributed by atoms with van der Waals surface area (Å²) in [7, 11) is -11.2. The molecule has 1 aromatic heterocycles. The Morgan fingerprint density at radius 3 is 2.41 bits per heavy atom. The van der Waals surface area contributed by atoms with E-state index in [1.807, 2.05) is 4.98 Å². The topological polar surface area (TPSA) is 300 Å². The van der Waals surface area contributed by atoms with Gasteiger partial charge < -0.3 is 44.7 Å². The Labute approximate surface area is 217 Å². The molecule has 0 spiro atoms. The van der Waals surface area contributed by atoms with Crippen LogP contribution in [0.5, 0.6) is 0 Å². The van der Waals surface area contributed by atoms with Crippen LogP contribution in [0.1, 0.15) is 13.2 Å². The van der Waals surface area contributed by atoms with Crippen molar-refractivity contribution < 1.29 is 71.5 Å². The average Bonchev–Trinajstić information content (AvgIpc) is 2.83. The molecule has 9 atom stereocenters. The molecule has 1 amide bonds. The first-order valence-electron chi connectivity index (χ1n) is 10.6. The lowest BCUT2D eigenvalue weighted by molar-refractivity contribution is -0.247. The molecule has 39 heavy (non-hydrogen) atoms. The molecular formula is C17H25N3O17P2. The summed E-state index contributed by atoms with van der Waals surface area (Å²) >= 11 is 0. The lowest BCUT2D eigenvalue weighted by Crippen LogP contribution is -2.64. The third-order valence-electron chi connectivity index (χ3n) is 4.80. The van der Waals surface area contributed by atoms with Crippen LogP contribution < -0.4 is 16.6 Å². The highest BCUT2D eigenvalue weighted by molar-refractivity contribution is 7.61. The molecule has 1 fully saturated rings. The average molecular weight is 605 g/mol. The molecule has 2 heterocycles. The molecule has 22 heteroatoms. The largest absolute Gasteiger partial charge is 0.483 e. The number of carbonyl (C=O) groups excluding carboxylic acids is 3. The Kier molecular flexibility index (Phi) is 11.6. The van der Waals surface area contributed by atoms with E-state index in [4.69, 9.17) is 9.47 Å². The zero-order valence-corrected chi connectivity index (χ0v) is 21.5. The van der Waals surface area contributed by atoms with E-state index in [1.165, 1.54) is 0 Å². The summed E-state index contributed by atoms with van der Waals surface area (Å²) in [6, 6.07) is -0.857. The van der Waals surface area contributed by atoms with Crippen LogP contribution in [0.15, 0.2) is 21.9 Å². The van der Waals surface area contributed by atoms with Gasteiger partial charge in [0, 0.05) is 19.2 Å². The molecule has 0 aliphatic carbocycles. The summed E-state index contributed by atoms with van der Waals surface area (Å²) < 4.78 is 48.4. The third kappa shape index (κ3) is 9.31. The van der Waals surface area contributed by atoms with Crippen LogP contribution in [0.25, 0.3) is 0 Å². The smallest absolute Gasteiger partial charge is 0.394 e. The van der Waals surface area contributed by atoms with Crippen LogP contribution in [0, 0.1) is 0 Å². The Morgan fingerprint density at radius 1 is 1.21 bits per heavy atom. The Bertz CT molecular complexity index is 1240. The van der Waals surface area contributed by atoms with Gasteiger partial charge in [-0.25, -0.2) is 13.9 Å². The van der Waals surface area contributed by atoms with Crippen molar-refractivity contribution in [2.45, 2.75) is 49.9 Å². The number of aliphatic hydroxyl groups excluding tert-OH is 3. The van der Waals surface area contributed by atoms with Crippen LogP contribution in [-0.2, 0) is 46.3 Å². The van der Waals surface area contributed by atoms with Crippen molar-refractivity contribution in [1.82, 2.24) is 14.9 Å². The number of carbonyl (C=O) groups is 3. The summed E-state index contributed by atoms with van der Waals surface area (Å²) in [5.41, 5.74) is -1.90. The molecule has 1 aliphatic rings. The van der Waals surface area contributed by atoms with Crippen LogP contribution in [0.4, 0.5) is 0 Å². The number of aromatic amines is 1. The van der Waals surface area contributed by atoms with E-state index >= 15 is 0 Å². The number of nitrogens with one attached hydrogen (secondary N) is 2. The minimum atomic E-state index is -5.66. The summed E-state index contributed by atoms with van der Waals surface area (Å²) in [6.07, 6.45) is -10.1. The number of ether oxygens (including phenoxy) is 2. The zero-order chi connectivity index (χ0) is 29.5. The SMILES string of the molecule is CC(=O)N[C@H]1[C@H](OP(=O)(O)OP(=O)(O)OC[C@H](C=O)O[C@H](C=O)n2ccc(=O)[nH]c2=O)O[C@H](CO)[C@@H](O)[C@@H]1O. The Morgan fingerprint density at radius 2 is 1.87 bits per heavy atom. The second-order valence-electron chi connectivity index (χ2n) is 7.71. The molecule has 0 aromatic carbocycles. The molecule has 0 bridgehead atoms. The van der Waals surface area contributed by atoms with E-state index in [0.29, 0.717) is 4.57 Å². The standard InChI is InChI=1S/C17H25N3O17P2/c1-8(24)18-13-15(27)14(26)10(5-22)35-16(13)36-39(31,32)37-38(29,30)33-7-9(4-21)34-12(6-23)20-3-2-11(25)19-17(20)28/h2-4,6,9-10,12-16,22,26-27H,5,7H2,1H3,(H,18,24)(H,29,30)(H,31,32)(H,19,25,28)/t9-,10+,12+,13+,14+,15+,16-/m0/s1. The number of phosphoric ester groups is 2. The number of phosphoric acid groups is 2. The monoisotopic (exact) mass is 605 g/mol. The molecule has 2 unspecified atom stereocenters. The third-order valence-corrected chi connectivity index (χ3v) is 7.40.